The first-order chi connectivity index (χ1) is 14.0. The van der Waals surface area contributed by atoms with Crippen molar-refractivity contribution in [2.24, 2.45) is 0 Å². The van der Waals surface area contributed by atoms with Crippen LogP contribution in [0.5, 0.6) is 0 Å². The average Bonchev–Trinajstić information content (AvgIpc) is 3.22. The average molecular weight is 414 g/mol. The van der Waals surface area contributed by atoms with E-state index in [9.17, 15) is 4.79 Å². The molecule has 2 heterocycles. The van der Waals surface area contributed by atoms with Gasteiger partial charge >= 0.3 is 0 Å². The van der Waals surface area contributed by atoms with Gasteiger partial charge in [-0.3, -0.25) is 4.79 Å². The van der Waals surface area contributed by atoms with Crippen molar-refractivity contribution in [1.29, 1.82) is 0 Å². The lowest BCUT2D eigenvalue weighted by Crippen LogP contribution is -2.14. The van der Waals surface area contributed by atoms with Gasteiger partial charge in [-0.25, -0.2) is 0 Å². The Morgan fingerprint density at radius 3 is 2.34 bits per heavy atom. The number of hydrogen-bond donors (Lipinski definition) is 0. The molecule has 0 amide bonds. The molecule has 0 atom stereocenters. The van der Waals surface area contributed by atoms with Crippen molar-refractivity contribution < 1.29 is 4.79 Å². The summed E-state index contributed by atoms with van der Waals surface area (Å²) in [4.78, 5) is 14.8. The molecule has 160 valence electrons. The molecule has 2 aromatic rings. The lowest BCUT2D eigenvalue weighted by molar-refractivity contribution is 0.102. The number of carbonyl (C=O) groups excluding carboxylic acids is 1. The summed E-state index contributed by atoms with van der Waals surface area (Å²) in [5, 5.41) is 3.31. The first-order valence-electron chi connectivity index (χ1n) is 11.4. The van der Waals surface area contributed by atoms with E-state index >= 15 is 0 Å². The first-order valence-corrected chi connectivity index (χ1v) is 12.3. The van der Waals surface area contributed by atoms with Gasteiger partial charge in [-0.05, 0) is 76.0 Å². The van der Waals surface area contributed by atoms with E-state index in [1.807, 2.05) is 0 Å². The Hall–Kier alpha value is -1.61. The van der Waals surface area contributed by atoms with Gasteiger partial charge in [0.15, 0.2) is 0 Å². The van der Waals surface area contributed by atoms with Gasteiger partial charge in [0.05, 0.1) is 5.69 Å². The summed E-state index contributed by atoms with van der Waals surface area (Å²) in [7, 11) is 0. The largest absolute Gasteiger partial charge is 0.330 e. The lowest BCUT2D eigenvalue weighted by atomic mass is 9.89. The van der Waals surface area contributed by atoms with Gasteiger partial charge in [-0.2, -0.15) is 0 Å². The highest BCUT2D eigenvalue weighted by Crippen LogP contribution is 2.34. The molecule has 0 saturated heterocycles. The fraction of sp³-hybridized carbons (Fsp3) is 0.577. The highest BCUT2D eigenvalue weighted by Gasteiger charge is 2.24. The molecule has 0 radical (unpaired) electrons. The van der Waals surface area contributed by atoms with E-state index in [1.54, 1.807) is 11.3 Å². The van der Waals surface area contributed by atoms with E-state index in [4.69, 9.17) is 0 Å². The Balaban J connectivity index is 0.000000687. The van der Waals surface area contributed by atoms with E-state index < -0.39 is 0 Å². The number of carbonyl (C=O) groups is 1. The molecule has 0 N–H and O–H groups in total. The van der Waals surface area contributed by atoms with Crippen molar-refractivity contribution in [3.8, 4) is 0 Å². The van der Waals surface area contributed by atoms with Gasteiger partial charge in [0.2, 0.25) is 5.78 Å². The Labute approximate surface area is 181 Å². The molecule has 0 saturated carbocycles. The fourth-order valence-corrected chi connectivity index (χ4v) is 4.90. The number of fused-ring (bicyclic) bond motifs is 1. The third-order valence-corrected chi connectivity index (χ3v) is 6.66. The molecular weight excluding hydrogens is 374 g/mol. The minimum Gasteiger partial charge on any atom is -0.330 e. The first kappa shape index (κ1) is 23.7. The van der Waals surface area contributed by atoms with Crippen molar-refractivity contribution in [2.75, 3.05) is 0 Å². The molecule has 1 aliphatic carbocycles. The van der Waals surface area contributed by atoms with Crippen molar-refractivity contribution in [3.05, 3.63) is 45.5 Å². The van der Waals surface area contributed by atoms with Crippen LogP contribution in [0, 0.1) is 0 Å². The summed E-state index contributed by atoms with van der Waals surface area (Å²) in [6.45, 7) is 13.8. The van der Waals surface area contributed by atoms with Gasteiger partial charge in [-0.1, -0.05) is 51.2 Å². The molecule has 0 aliphatic heterocycles. The summed E-state index contributed by atoms with van der Waals surface area (Å²) in [6.07, 6.45) is 9.57. The van der Waals surface area contributed by atoms with E-state index in [1.165, 1.54) is 53.5 Å². The number of aryl methyl sites for hydroxylation is 1. The molecule has 0 spiro atoms. The van der Waals surface area contributed by atoms with Crippen molar-refractivity contribution in [3.63, 3.8) is 0 Å². The number of nitrogens with zero attached hydrogens (tertiary/aromatic N) is 1. The number of Topliss-reactive ketones (excluding diaryl/α,β-unsaturated/α-hetero) is 1. The normalized spacial score (nSPS) is 14.4. The molecule has 29 heavy (non-hydrogen) atoms. The molecular formula is C26H39NOS. The number of hydrogen-bond acceptors (Lipinski definition) is 2. The van der Waals surface area contributed by atoms with Gasteiger partial charge in [0.25, 0.3) is 0 Å². The number of aromatic nitrogens is 1. The van der Waals surface area contributed by atoms with Gasteiger partial charge in [0.1, 0.15) is 4.83 Å². The molecule has 1 aliphatic rings. The predicted molar refractivity (Wildman–Crippen MR) is 129 cm³/mol. The van der Waals surface area contributed by atoms with Crippen LogP contribution in [0.2, 0.25) is 0 Å². The van der Waals surface area contributed by atoms with Crippen molar-refractivity contribution >= 4 is 27.3 Å². The van der Waals surface area contributed by atoms with Gasteiger partial charge < -0.3 is 4.57 Å². The zero-order chi connectivity index (χ0) is 21.4. The molecule has 2 nitrogen and oxygen atoms in total. The molecule has 0 unspecified atom stereocenters. The number of unbranched alkanes of at least 4 members (excludes halogenated alkanes) is 1. The molecule has 0 bridgehead atoms. The third-order valence-electron chi connectivity index (χ3n) is 5.70. The van der Waals surface area contributed by atoms with Crippen LogP contribution in [0.25, 0.3) is 10.2 Å². The van der Waals surface area contributed by atoms with Crippen LogP contribution in [0.4, 0.5) is 0 Å². The lowest BCUT2D eigenvalue weighted by Gasteiger charge is -2.17. The Morgan fingerprint density at radius 1 is 1.03 bits per heavy atom. The topological polar surface area (TPSA) is 22.0 Å². The van der Waals surface area contributed by atoms with E-state index in [0.717, 1.165) is 42.6 Å². The Bertz CT molecular complexity index is 872. The highest BCUT2D eigenvalue weighted by molar-refractivity contribution is 7.16. The van der Waals surface area contributed by atoms with E-state index in [0.29, 0.717) is 0 Å². The summed E-state index contributed by atoms with van der Waals surface area (Å²) in [5.74, 6) is 0.216. The summed E-state index contributed by atoms with van der Waals surface area (Å²) >= 11 is 1.73. The zero-order valence-corrected chi connectivity index (χ0v) is 20.2. The minimum atomic E-state index is 0.216. The second-order valence-corrected chi connectivity index (χ2v) is 9.28. The third kappa shape index (κ3) is 5.72. The van der Waals surface area contributed by atoms with E-state index in [2.05, 4.69) is 63.6 Å². The highest BCUT2D eigenvalue weighted by atomic mass is 32.1. The smallest absolute Gasteiger partial charge is 0.209 e. The maximum absolute atomic E-state index is 13.6. The van der Waals surface area contributed by atoms with Crippen molar-refractivity contribution in [2.45, 2.75) is 99.5 Å². The Kier molecular flexibility index (Phi) is 9.42. The number of allylic oxidation sites excluding steroid dienone is 4. The number of ketones is 1. The molecule has 0 fully saturated rings. The fourth-order valence-electron chi connectivity index (χ4n) is 3.97. The zero-order valence-electron chi connectivity index (χ0n) is 19.4. The van der Waals surface area contributed by atoms with Crippen LogP contribution in [0.1, 0.15) is 103 Å². The van der Waals surface area contributed by atoms with Gasteiger partial charge in [0, 0.05) is 17.5 Å². The van der Waals surface area contributed by atoms with Gasteiger partial charge in [-0.15, -0.1) is 11.3 Å². The van der Waals surface area contributed by atoms with E-state index in [-0.39, 0.29) is 5.78 Å². The molecule has 3 heteroatoms. The summed E-state index contributed by atoms with van der Waals surface area (Å²) in [5.41, 5.74) is 5.72. The summed E-state index contributed by atoms with van der Waals surface area (Å²) in [6, 6.07) is 4.22. The second-order valence-electron chi connectivity index (χ2n) is 8.39. The van der Waals surface area contributed by atoms with Crippen LogP contribution in [-0.4, -0.2) is 10.4 Å². The Morgan fingerprint density at radius 2 is 1.72 bits per heavy atom. The van der Waals surface area contributed by atoms with Crippen LogP contribution < -0.4 is 0 Å². The minimum absolute atomic E-state index is 0.216. The van der Waals surface area contributed by atoms with Crippen LogP contribution in [0.15, 0.2) is 39.8 Å². The standard InChI is InChI=1S/C22H29NOS.C4H10/c1-5-12-23-19(14-17-11-13-25-22(17)23)21(24)20(15(2)3)18-10-8-6-7-9-16(18)4;1-3-4-2/h11,13-14H,5-10,12H2,1-4H3;3-4H2,1-2H3. The van der Waals surface area contributed by atoms with Crippen LogP contribution in [0.3, 0.4) is 0 Å². The number of rotatable bonds is 6. The maximum Gasteiger partial charge on any atom is 0.209 e. The monoisotopic (exact) mass is 413 g/mol. The summed E-state index contributed by atoms with van der Waals surface area (Å²) < 4.78 is 2.23. The molecule has 3 rings (SSSR count). The van der Waals surface area contributed by atoms with Crippen LogP contribution >= 0.6 is 11.3 Å². The molecule has 2 aromatic heterocycles. The number of thiophene rings is 1. The maximum atomic E-state index is 13.6. The SMILES string of the molecule is CCCC.CCCn1c(C(=O)C(=C(C)C)C2=C(C)CCCCC2)cc2ccsc21. The molecule has 0 aromatic carbocycles. The van der Waals surface area contributed by atoms with Crippen molar-refractivity contribution in [1.82, 2.24) is 4.57 Å². The predicted octanol–water partition coefficient (Wildman–Crippen LogP) is 8.72. The van der Waals surface area contributed by atoms with Crippen LogP contribution in [-0.2, 0) is 6.54 Å². The second kappa shape index (κ2) is 11.5. The quantitative estimate of drug-likeness (QED) is 0.343.